The zero-order valence-electron chi connectivity index (χ0n) is 18.7. The van der Waals surface area contributed by atoms with E-state index in [9.17, 15) is 18.0 Å². The fraction of sp³-hybridized carbons (Fsp3) is 0.391. The van der Waals surface area contributed by atoms with Crippen LogP contribution in [0, 0.1) is 0 Å². The second-order valence-corrected chi connectivity index (χ2v) is 10.2. The Labute approximate surface area is 194 Å². The molecule has 2 amide bonds. The minimum atomic E-state index is -3.50. The number of benzene rings is 2. The Bertz CT molecular complexity index is 1080. The second-order valence-electron chi connectivity index (χ2n) is 8.30. The molecule has 1 N–H and O–H groups in total. The minimum absolute atomic E-state index is 0.146. The topological polar surface area (TPSA) is 93.3 Å². The van der Waals surface area contributed by atoms with Gasteiger partial charge < -0.3 is 15.1 Å². The Hall–Kier alpha value is -2.79. The summed E-state index contributed by atoms with van der Waals surface area (Å²) in [6.45, 7) is 3.68. The quantitative estimate of drug-likeness (QED) is 0.707. The Balaban J connectivity index is 1.32. The van der Waals surface area contributed by atoms with E-state index in [1.165, 1.54) is 8.61 Å². The first kappa shape index (κ1) is 23.4. The Morgan fingerprint density at radius 1 is 0.727 bits per heavy atom. The molecule has 2 aromatic rings. The van der Waals surface area contributed by atoms with E-state index in [-0.39, 0.29) is 24.9 Å². The van der Waals surface area contributed by atoms with Gasteiger partial charge in [-0.05, 0) is 43.4 Å². The van der Waals surface area contributed by atoms with Gasteiger partial charge in [0.15, 0.2) is 0 Å². The highest BCUT2D eigenvalue weighted by Gasteiger charge is 2.34. The molecule has 0 radical (unpaired) electrons. The van der Waals surface area contributed by atoms with Crippen LogP contribution < -0.4 is 5.32 Å². The number of hydrogen-bond donors (Lipinski definition) is 1. The van der Waals surface area contributed by atoms with Crippen molar-refractivity contribution in [2.45, 2.75) is 0 Å². The molecule has 0 aromatic heterocycles. The average Bonchev–Trinajstić information content (AvgIpc) is 2.85. The molecule has 2 fully saturated rings. The van der Waals surface area contributed by atoms with E-state index in [1.54, 1.807) is 53.4 Å². The van der Waals surface area contributed by atoms with Crippen LogP contribution in [0.2, 0.25) is 0 Å². The van der Waals surface area contributed by atoms with Crippen LogP contribution in [-0.4, -0.2) is 98.0 Å². The lowest BCUT2D eigenvalue weighted by atomic mass is 10.1. The van der Waals surface area contributed by atoms with Crippen LogP contribution in [0.4, 0.5) is 5.69 Å². The third-order valence-electron chi connectivity index (χ3n) is 6.07. The molecule has 0 spiro atoms. The van der Waals surface area contributed by atoms with Gasteiger partial charge in [-0.25, -0.2) is 0 Å². The third-order valence-corrected chi connectivity index (χ3v) is 8.10. The van der Waals surface area contributed by atoms with Gasteiger partial charge in [0, 0.05) is 69.2 Å². The molecule has 2 saturated heterocycles. The maximum Gasteiger partial charge on any atom is 0.282 e. The van der Waals surface area contributed by atoms with Crippen molar-refractivity contribution in [1.82, 2.24) is 18.4 Å². The lowest BCUT2D eigenvalue weighted by Gasteiger charge is -2.39. The number of piperazine rings is 2. The Morgan fingerprint density at radius 2 is 1.27 bits per heavy atom. The highest BCUT2D eigenvalue weighted by Crippen LogP contribution is 2.17. The smallest absolute Gasteiger partial charge is 0.282 e. The van der Waals surface area contributed by atoms with Crippen LogP contribution >= 0.6 is 0 Å². The summed E-state index contributed by atoms with van der Waals surface area (Å²) in [6.07, 6.45) is 0. The van der Waals surface area contributed by atoms with E-state index in [2.05, 4.69) is 10.2 Å². The molecular weight excluding hydrogens is 442 g/mol. The summed E-state index contributed by atoms with van der Waals surface area (Å²) in [6, 6.07) is 15.7. The van der Waals surface area contributed by atoms with Crippen LogP contribution in [0.5, 0.6) is 0 Å². The number of carbonyl (C=O) groups excluding carboxylic acids is 2. The maximum atomic E-state index is 12.9. The van der Waals surface area contributed by atoms with Gasteiger partial charge in [-0.3, -0.25) is 9.59 Å². The summed E-state index contributed by atoms with van der Waals surface area (Å²) in [7, 11) is -1.52. The molecule has 10 heteroatoms. The second kappa shape index (κ2) is 10.0. The number of amides is 2. The minimum Gasteiger partial charge on any atom is -0.336 e. The van der Waals surface area contributed by atoms with Crippen LogP contribution in [0.15, 0.2) is 54.6 Å². The fourth-order valence-corrected chi connectivity index (χ4v) is 5.55. The van der Waals surface area contributed by atoms with Gasteiger partial charge in [0.1, 0.15) is 0 Å². The van der Waals surface area contributed by atoms with Gasteiger partial charge in [-0.2, -0.15) is 17.0 Å². The first-order valence-electron chi connectivity index (χ1n) is 11.0. The molecule has 0 bridgehead atoms. The van der Waals surface area contributed by atoms with Crippen LogP contribution in [0.25, 0.3) is 0 Å². The highest BCUT2D eigenvalue weighted by atomic mass is 32.2. The molecule has 0 saturated carbocycles. The zero-order chi connectivity index (χ0) is 23.4. The predicted octanol–water partition coefficient (Wildman–Crippen LogP) is 1.19. The van der Waals surface area contributed by atoms with Gasteiger partial charge in [-0.15, -0.1) is 0 Å². The number of anilines is 1. The fourth-order valence-electron chi connectivity index (χ4n) is 3.98. The van der Waals surface area contributed by atoms with Gasteiger partial charge >= 0.3 is 0 Å². The molecule has 2 heterocycles. The van der Waals surface area contributed by atoms with E-state index in [0.29, 0.717) is 43.0 Å². The van der Waals surface area contributed by atoms with Gasteiger partial charge in [0.05, 0.1) is 0 Å². The summed E-state index contributed by atoms with van der Waals surface area (Å²) in [5.41, 5.74) is 1.66. The number of carbonyl (C=O) groups is 2. The molecule has 0 unspecified atom stereocenters. The number of nitrogens with one attached hydrogen (secondary N) is 1. The largest absolute Gasteiger partial charge is 0.336 e. The lowest BCUT2D eigenvalue weighted by Crippen LogP contribution is -2.57. The molecule has 4 rings (SSSR count). The molecule has 9 nitrogen and oxygen atoms in total. The summed E-state index contributed by atoms with van der Waals surface area (Å²) < 4.78 is 28.8. The summed E-state index contributed by atoms with van der Waals surface area (Å²) in [5.74, 6) is -0.361. The summed E-state index contributed by atoms with van der Waals surface area (Å²) in [4.78, 5) is 29.0. The van der Waals surface area contributed by atoms with Crippen molar-refractivity contribution in [1.29, 1.82) is 0 Å². The first-order chi connectivity index (χ1) is 15.8. The average molecular weight is 472 g/mol. The Morgan fingerprint density at radius 3 is 1.85 bits per heavy atom. The van der Waals surface area contributed by atoms with E-state index >= 15 is 0 Å². The van der Waals surface area contributed by atoms with E-state index < -0.39 is 10.2 Å². The third kappa shape index (κ3) is 5.41. The molecule has 33 heavy (non-hydrogen) atoms. The lowest BCUT2D eigenvalue weighted by molar-refractivity contribution is 0.0692. The first-order valence-corrected chi connectivity index (χ1v) is 12.4. The van der Waals surface area contributed by atoms with E-state index in [0.717, 1.165) is 13.1 Å². The summed E-state index contributed by atoms with van der Waals surface area (Å²) >= 11 is 0. The van der Waals surface area contributed by atoms with Crippen molar-refractivity contribution in [3.8, 4) is 0 Å². The van der Waals surface area contributed by atoms with E-state index in [1.807, 2.05) is 13.1 Å². The monoisotopic (exact) mass is 471 g/mol. The molecule has 2 aromatic carbocycles. The zero-order valence-corrected chi connectivity index (χ0v) is 19.5. The predicted molar refractivity (Wildman–Crippen MR) is 126 cm³/mol. The molecule has 176 valence electrons. The van der Waals surface area contributed by atoms with Crippen LogP contribution in [-0.2, 0) is 10.2 Å². The van der Waals surface area contributed by atoms with Crippen molar-refractivity contribution >= 4 is 27.7 Å². The van der Waals surface area contributed by atoms with Gasteiger partial charge in [0.25, 0.3) is 22.0 Å². The maximum absolute atomic E-state index is 12.9. The van der Waals surface area contributed by atoms with Crippen molar-refractivity contribution in [3.05, 3.63) is 65.7 Å². The number of rotatable bonds is 5. The summed E-state index contributed by atoms with van der Waals surface area (Å²) in [5, 5.41) is 2.82. The standard InChI is InChI=1S/C23H29N5O4S/c1-25-11-15-27(16-12-25)33(31,32)28-17-13-26(14-18-28)23(30)20-7-9-21(10-8-20)24-22(29)19-5-3-2-4-6-19/h2-10H,11-18H2,1H3,(H,24,29). The highest BCUT2D eigenvalue weighted by molar-refractivity contribution is 7.86. The van der Waals surface area contributed by atoms with Crippen LogP contribution in [0.1, 0.15) is 20.7 Å². The number of hydrogen-bond acceptors (Lipinski definition) is 5. The molecular formula is C23H29N5O4S. The van der Waals surface area contributed by atoms with Crippen LogP contribution in [0.3, 0.4) is 0 Å². The van der Waals surface area contributed by atoms with Crippen molar-refractivity contribution in [2.24, 2.45) is 0 Å². The van der Waals surface area contributed by atoms with Crippen molar-refractivity contribution in [3.63, 3.8) is 0 Å². The molecule has 2 aliphatic rings. The molecule has 0 aliphatic carbocycles. The Kier molecular flexibility index (Phi) is 7.08. The van der Waals surface area contributed by atoms with Gasteiger partial charge in [-0.1, -0.05) is 18.2 Å². The van der Waals surface area contributed by atoms with Crippen molar-refractivity contribution in [2.75, 3.05) is 64.7 Å². The van der Waals surface area contributed by atoms with E-state index in [4.69, 9.17) is 0 Å². The molecule has 2 aliphatic heterocycles. The number of likely N-dealkylation sites (N-methyl/N-ethyl adjacent to an activating group) is 1. The number of nitrogens with zero attached hydrogens (tertiary/aromatic N) is 4. The SMILES string of the molecule is CN1CCN(S(=O)(=O)N2CCN(C(=O)c3ccc(NC(=O)c4ccccc4)cc3)CC2)CC1. The van der Waals surface area contributed by atoms with Crippen molar-refractivity contribution < 1.29 is 18.0 Å². The normalized spacial score (nSPS) is 18.8. The van der Waals surface area contributed by atoms with Gasteiger partial charge in [0.2, 0.25) is 0 Å². The molecule has 0 atom stereocenters.